The smallest absolute Gasteiger partial charge is 0.316 e. The number of unbranched alkanes of at least 4 members (excludes halogenated alkanes) is 1. The first-order chi connectivity index (χ1) is 10.8. The van der Waals surface area contributed by atoms with Crippen molar-refractivity contribution < 1.29 is 42.1 Å². The van der Waals surface area contributed by atoms with E-state index in [1.807, 2.05) is 0 Å². The molecular formula is C13H16F8O2S. The van der Waals surface area contributed by atoms with E-state index in [1.54, 1.807) is 6.92 Å². The molecule has 0 fully saturated rings. The molecule has 142 valence electrons. The second-order valence-electron chi connectivity index (χ2n) is 4.90. The van der Waals surface area contributed by atoms with Gasteiger partial charge in [0.15, 0.2) is 16.5 Å². The average molecular weight is 388 g/mol. The summed E-state index contributed by atoms with van der Waals surface area (Å²) in [6.45, 7) is 0.544. The Bertz CT molecular complexity index is 573. The van der Waals surface area contributed by atoms with Crippen molar-refractivity contribution >= 4 is 10.2 Å². The highest BCUT2D eigenvalue weighted by atomic mass is 32.5. The molecule has 0 N–H and O–H groups in total. The molecular weight excluding hydrogens is 372 g/mol. The van der Waals surface area contributed by atoms with E-state index in [2.05, 4.69) is 9.47 Å². The third kappa shape index (κ3) is 5.91. The van der Waals surface area contributed by atoms with E-state index in [-0.39, 0.29) is 13.0 Å². The summed E-state index contributed by atoms with van der Waals surface area (Å²) in [7, 11) is -10.4. The number of halogens is 8. The van der Waals surface area contributed by atoms with Crippen molar-refractivity contribution in [1.29, 1.82) is 0 Å². The van der Waals surface area contributed by atoms with Gasteiger partial charge in [0.25, 0.3) is 0 Å². The second-order valence-corrected chi connectivity index (χ2v) is 7.25. The Hall–Kier alpha value is -1.39. The van der Waals surface area contributed by atoms with Gasteiger partial charge in [-0.2, -0.15) is 0 Å². The van der Waals surface area contributed by atoms with Crippen LogP contribution in [0.4, 0.5) is 32.6 Å². The van der Waals surface area contributed by atoms with Gasteiger partial charge in [-0.1, -0.05) is 32.8 Å². The first kappa shape index (κ1) is 20.7. The van der Waals surface area contributed by atoms with Crippen molar-refractivity contribution in [2.24, 2.45) is 0 Å². The van der Waals surface area contributed by atoms with E-state index < -0.39 is 51.9 Å². The number of ether oxygens (including phenoxy) is 2. The standard InChI is InChI=1S/C13H16F8O2S/c1-2-3-7-22-10-5-4-9(23-8-6-11(14)15)12(16)13(10)24(17,18,19,20)21/h4-5,11H,2-3,6-8H2,1H3. The van der Waals surface area contributed by atoms with Crippen LogP contribution in [0.5, 0.6) is 11.5 Å². The molecule has 11 heteroatoms. The van der Waals surface area contributed by atoms with Gasteiger partial charge in [-0.15, -0.1) is 0 Å². The van der Waals surface area contributed by atoms with Crippen molar-refractivity contribution in [3.63, 3.8) is 0 Å². The van der Waals surface area contributed by atoms with Crippen LogP contribution in [0.2, 0.25) is 0 Å². The molecule has 0 aliphatic carbocycles. The molecule has 24 heavy (non-hydrogen) atoms. The summed E-state index contributed by atoms with van der Waals surface area (Å²) in [5, 5.41) is 0. The number of rotatable bonds is 9. The van der Waals surface area contributed by atoms with Gasteiger partial charge in [-0.05, 0) is 18.6 Å². The SMILES string of the molecule is CCCCOc1ccc(OCCC(F)F)c(F)c1S(F)(F)(F)(F)F. The summed E-state index contributed by atoms with van der Waals surface area (Å²) in [6, 6.07) is 1.12. The highest BCUT2D eigenvalue weighted by Crippen LogP contribution is 3.03. The fourth-order valence-corrected chi connectivity index (χ4v) is 2.64. The fourth-order valence-electron chi connectivity index (χ4n) is 1.69. The van der Waals surface area contributed by atoms with E-state index in [4.69, 9.17) is 0 Å². The largest absolute Gasteiger partial charge is 0.492 e. The highest BCUT2D eigenvalue weighted by Gasteiger charge is 2.69. The van der Waals surface area contributed by atoms with Crippen molar-refractivity contribution in [2.75, 3.05) is 13.2 Å². The summed E-state index contributed by atoms with van der Waals surface area (Å²) in [4.78, 5) is -2.83. The topological polar surface area (TPSA) is 18.5 Å². The van der Waals surface area contributed by atoms with Crippen LogP contribution in [-0.4, -0.2) is 19.6 Å². The second kappa shape index (κ2) is 6.49. The summed E-state index contributed by atoms with van der Waals surface area (Å²) in [5.41, 5.74) is 0. The monoisotopic (exact) mass is 388 g/mol. The van der Waals surface area contributed by atoms with Crippen LogP contribution in [0.3, 0.4) is 0 Å². The molecule has 0 spiro atoms. The van der Waals surface area contributed by atoms with Crippen LogP contribution in [0.1, 0.15) is 26.2 Å². The number of alkyl halides is 2. The maximum absolute atomic E-state index is 14.0. The molecule has 0 aromatic heterocycles. The Morgan fingerprint density at radius 1 is 0.958 bits per heavy atom. The highest BCUT2D eigenvalue weighted by molar-refractivity contribution is 8.45. The van der Waals surface area contributed by atoms with E-state index in [0.29, 0.717) is 18.6 Å². The molecule has 0 saturated carbocycles. The molecule has 0 aliphatic heterocycles. The van der Waals surface area contributed by atoms with Crippen LogP contribution in [0.15, 0.2) is 17.0 Å². The van der Waals surface area contributed by atoms with Crippen molar-refractivity contribution in [3.05, 3.63) is 17.9 Å². The van der Waals surface area contributed by atoms with Crippen LogP contribution in [0, 0.1) is 5.82 Å². The van der Waals surface area contributed by atoms with Gasteiger partial charge < -0.3 is 9.47 Å². The van der Waals surface area contributed by atoms with Crippen LogP contribution >= 0.6 is 10.2 Å². The predicted octanol–water partition coefficient (Wildman–Crippen LogP) is 6.70. The Labute approximate surface area is 133 Å². The van der Waals surface area contributed by atoms with Crippen molar-refractivity contribution in [3.8, 4) is 11.5 Å². The van der Waals surface area contributed by atoms with Gasteiger partial charge >= 0.3 is 10.2 Å². The minimum absolute atomic E-state index is 0.272. The van der Waals surface area contributed by atoms with Gasteiger partial charge in [0.1, 0.15) is 5.75 Å². The molecule has 0 bridgehead atoms. The van der Waals surface area contributed by atoms with E-state index in [0.717, 1.165) is 0 Å². The quantitative estimate of drug-likeness (QED) is 0.346. The summed E-state index contributed by atoms with van der Waals surface area (Å²) in [5.74, 6) is -4.93. The zero-order chi connectivity index (χ0) is 18.7. The van der Waals surface area contributed by atoms with Gasteiger partial charge in [0, 0.05) is 6.42 Å². The van der Waals surface area contributed by atoms with Crippen LogP contribution < -0.4 is 9.47 Å². The third-order valence-electron chi connectivity index (χ3n) is 2.76. The normalized spacial score (nSPS) is 15.1. The number of hydrogen-bond donors (Lipinski definition) is 0. The molecule has 0 saturated heterocycles. The Balaban J connectivity index is 3.27. The Kier molecular flexibility index (Phi) is 5.58. The van der Waals surface area contributed by atoms with Gasteiger partial charge in [0.05, 0.1) is 13.2 Å². The number of hydrogen-bond acceptors (Lipinski definition) is 2. The average Bonchev–Trinajstić information content (AvgIpc) is 2.38. The third-order valence-corrected chi connectivity index (χ3v) is 3.91. The van der Waals surface area contributed by atoms with E-state index in [1.165, 1.54) is 0 Å². The molecule has 0 aliphatic rings. The van der Waals surface area contributed by atoms with Crippen molar-refractivity contribution in [1.82, 2.24) is 0 Å². The molecule has 0 unspecified atom stereocenters. The summed E-state index contributed by atoms with van der Waals surface area (Å²) in [6.07, 6.45) is -2.93. The molecule has 1 aromatic rings. The zero-order valence-corrected chi connectivity index (χ0v) is 13.3. The minimum Gasteiger partial charge on any atom is -0.492 e. The lowest BCUT2D eigenvalue weighted by atomic mass is 10.3. The van der Waals surface area contributed by atoms with Gasteiger partial charge in [-0.25, -0.2) is 13.2 Å². The molecule has 0 heterocycles. The maximum atomic E-state index is 14.0. The zero-order valence-electron chi connectivity index (χ0n) is 12.5. The first-order valence-corrected chi connectivity index (χ1v) is 8.81. The molecule has 2 nitrogen and oxygen atoms in total. The van der Waals surface area contributed by atoms with Gasteiger partial charge in [0.2, 0.25) is 6.43 Å². The molecule has 1 rings (SSSR count). The first-order valence-electron chi connectivity index (χ1n) is 6.86. The van der Waals surface area contributed by atoms with E-state index >= 15 is 0 Å². The fraction of sp³-hybridized carbons (Fsp3) is 0.538. The van der Waals surface area contributed by atoms with Gasteiger partial charge in [-0.3, -0.25) is 0 Å². The lowest BCUT2D eigenvalue weighted by Crippen LogP contribution is -2.14. The predicted molar refractivity (Wildman–Crippen MR) is 74.3 cm³/mol. The maximum Gasteiger partial charge on any atom is 0.316 e. The van der Waals surface area contributed by atoms with Crippen LogP contribution in [-0.2, 0) is 0 Å². The van der Waals surface area contributed by atoms with Crippen LogP contribution in [0.25, 0.3) is 0 Å². The van der Waals surface area contributed by atoms with E-state index in [9.17, 15) is 32.6 Å². The molecule has 0 amide bonds. The molecule has 1 aromatic carbocycles. The summed E-state index contributed by atoms with van der Waals surface area (Å²) < 4.78 is 113. The lowest BCUT2D eigenvalue weighted by molar-refractivity contribution is 0.112. The van der Waals surface area contributed by atoms with Crippen molar-refractivity contribution in [2.45, 2.75) is 37.5 Å². The summed E-state index contributed by atoms with van der Waals surface area (Å²) >= 11 is 0. The lowest BCUT2D eigenvalue weighted by Gasteiger charge is -2.41. The number of benzene rings is 1. The minimum atomic E-state index is -10.4. The Morgan fingerprint density at radius 2 is 1.50 bits per heavy atom. The molecule has 0 radical (unpaired) electrons. The molecule has 0 atom stereocenters. The Morgan fingerprint density at radius 3 is 2.00 bits per heavy atom.